The molecule has 2 aromatic rings. The summed E-state index contributed by atoms with van der Waals surface area (Å²) in [6.45, 7) is 0. The molecule has 0 bridgehead atoms. The lowest BCUT2D eigenvalue weighted by molar-refractivity contribution is 0.152. The second-order valence-electron chi connectivity index (χ2n) is 4.13. The summed E-state index contributed by atoms with van der Waals surface area (Å²) in [6.07, 6.45) is 2.59. The smallest absolute Gasteiger partial charge is 0.0962 e. The fraction of sp³-hybridized carbons (Fsp3) is 0.308. The molecule has 0 aliphatic heterocycles. The Balaban J connectivity index is 2.27. The molecule has 1 N–H and O–H groups in total. The summed E-state index contributed by atoms with van der Waals surface area (Å²) in [4.78, 5) is 4.55. The number of hydrogen-bond acceptors (Lipinski definition) is 2. The van der Waals surface area contributed by atoms with Gasteiger partial charge in [0.05, 0.1) is 17.3 Å². The quantitative estimate of drug-likeness (QED) is 0.707. The fourth-order valence-corrected chi connectivity index (χ4v) is 2.29. The third-order valence-electron chi connectivity index (χ3n) is 3.08. The number of aryl methyl sites for hydroxylation is 1. The molecule has 15 heavy (non-hydrogen) atoms. The van der Waals surface area contributed by atoms with Crippen LogP contribution in [0.1, 0.15) is 30.2 Å². The molecule has 1 aliphatic rings. The number of nitrogens with zero attached hydrogens (tertiary/aromatic N) is 1. The number of fused-ring (bicyclic) bond motifs is 2. The minimum atomic E-state index is -0.363. The molecular weight excluding hydrogens is 186 g/mol. The van der Waals surface area contributed by atoms with Crippen molar-refractivity contribution in [2.75, 3.05) is 0 Å². The number of rotatable bonds is 0. The normalized spacial score (nSPS) is 20.2. The average molecular weight is 199 g/mol. The van der Waals surface area contributed by atoms with Crippen molar-refractivity contribution >= 4 is 10.9 Å². The standard InChI is InChI=1S/C13H13NO/c15-12-7-3-5-10-8-9-4-1-2-6-11(9)14-13(10)12/h1-2,4,6,8,12,15H,3,5,7H2/t12-/m0/s1. The Labute approximate surface area is 88.6 Å². The van der Waals surface area contributed by atoms with Crippen LogP contribution in [0.25, 0.3) is 10.9 Å². The van der Waals surface area contributed by atoms with Gasteiger partial charge in [-0.05, 0) is 37.0 Å². The highest BCUT2D eigenvalue weighted by Crippen LogP contribution is 2.30. The van der Waals surface area contributed by atoms with Crippen LogP contribution in [0.3, 0.4) is 0 Å². The van der Waals surface area contributed by atoms with Crippen molar-refractivity contribution in [2.45, 2.75) is 25.4 Å². The van der Waals surface area contributed by atoms with E-state index in [4.69, 9.17) is 0 Å². The molecule has 0 saturated carbocycles. The van der Waals surface area contributed by atoms with Crippen LogP contribution in [0.2, 0.25) is 0 Å². The Morgan fingerprint density at radius 2 is 2.13 bits per heavy atom. The number of aromatic nitrogens is 1. The number of benzene rings is 1. The molecule has 0 saturated heterocycles. The predicted molar refractivity (Wildman–Crippen MR) is 59.6 cm³/mol. The van der Waals surface area contributed by atoms with Crippen LogP contribution in [-0.4, -0.2) is 10.1 Å². The van der Waals surface area contributed by atoms with E-state index in [1.807, 2.05) is 18.2 Å². The van der Waals surface area contributed by atoms with Gasteiger partial charge in [0, 0.05) is 5.39 Å². The van der Waals surface area contributed by atoms with E-state index < -0.39 is 0 Å². The summed E-state index contributed by atoms with van der Waals surface area (Å²) in [7, 11) is 0. The van der Waals surface area contributed by atoms with Gasteiger partial charge in [-0.1, -0.05) is 18.2 Å². The minimum Gasteiger partial charge on any atom is -0.387 e. The van der Waals surface area contributed by atoms with Gasteiger partial charge in [-0.3, -0.25) is 0 Å². The molecule has 2 heteroatoms. The predicted octanol–water partition coefficient (Wildman–Crippen LogP) is 2.60. The molecule has 0 unspecified atom stereocenters. The highest BCUT2D eigenvalue weighted by Gasteiger charge is 2.19. The Kier molecular flexibility index (Phi) is 1.96. The van der Waals surface area contributed by atoms with Gasteiger partial charge in [-0.2, -0.15) is 0 Å². The Hall–Kier alpha value is -1.41. The van der Waals surface area contributed by atoms with Gasteiger partial charge in [-0.15, -0.1) is 0 Å². The zero-order valence-electron chi connectivity index (χ0n) is 8.48. The summed E-state index contributed by atoms with van der Waals surface area (Å²) < 4.78 is 0. The molecule has 1 aromatic carbocycles. The van der Waals surface area contributed by atoms with Crippen molar-refractivity contribution in [3.05, 3.63) is 41.6 Å². The maximum Gasteiger partial charge on any atom is 0.0962 e. The minimum absolute atomic E-state index is 0.363. The van der Waals surface area contributed by atoms with Crippen LogP contribution in [0.5, 0.6) is 0 Å². The van der Waals surface area contributed by atoms with Gasteiger partial charge in [0.1, 0.15) is 0 Å². The van der Waals surface area contributed by atoms with Crippen molar-refractivity contribution in [3.8, 4) is 0 Å². The molecule has 2 nitrogen and oxygen atoms in total. The van der Waals surface area contributed by atoms with E-state index in [-0.39, 0.29) is 6.10 Å². The summed E-state index contributed by atoms with van der Waals surface area (Å²) in [5.41, 5.74) is 3.09. The Morgan fingerprint density at radius 1 is 1.27 bits per heavy atom. The first kappa shape index (κ1) is 8.86. The van der Waals surface area contributed by atoms with Crippen LogP contribution in [0.15, 0.2) is 30.3 Å². The van der Waals surface area contributed by atoms with Gasteiger partial charge < -0.3 is 5.11 Å². The number of para-hydroxylation sites is 1. The van der Waals surface area contributed by atoms with E-state index >= 15 is 0 Å². The third kappa shape index (κ3) is 1.41. The van der Waals surface area contributed by atoms with Gasteiger partial charge in [0.25, 0.3) is 0 Å². The topological polar surface area (TPSA) is 33.1 Å². The number of aliphatic hydroxyl groups is 1. The van der Waals surface area contributed by atoms with Crippen LogP contribution < -0.4 is 0 Å². The van der Waals surface area contributed by atoms with E-state index in [1.54, 1.807) is 0 Å². The van der Waals surface area contributed by atoms with Gasteiger partial charge in [0.15, 0.2) is 0 Å². The summed E-state index contributed by atoms with van der Waals surface area (Å²) in [5, 5.41) is 11.0. The molecule has 0 radical (unpaired) electrons. The molecule has 76 valence electrons. The van der Waals surface area contributed by atoms with Crippen molar-refractivity contribution in [1.82, 2.24) is 4.98 Å². The van der Waals surface area contributed by atoms with Crippen molar-refractivity contribution in [2.24, 2.45) is 0 Å². The molecule has 0 spiro atoms. The van der Waals surface area contributed by atoms with Crippen LogP contribution >= 0.6 is 0 Å². The van der Waals surface area contributed by atoms with Crippen LogP contribution in [0, 0.1) is 0 Å². The van der Waals surface area contributed by atoms with E-state index in [9.17, 15) is 5.11 Å². The lowest BCUT2D eigenvalue weighted by Gasteiger charge is -2.20. The molecule has 1 aliphatic carbocycles. The maximum absolute atomic E-state index is 9.86. The lowest BCUT2D eigenvalue weighted by Crippen LogP contribution is -2.11. The zero-order valence-corrected chi connectivity index (χ0v) is 8.48. The zero-order chi connectivity index (χ0) is 10.3. The third-order valence-corrected chi connectivity index (χ3v) is 3.08. The molecule has 3 rings (SSSR count). The SMILES string of the molecule is O[C@H]1CCCc2cc3ccccc3nc21. The second kappa shape index (κ2) is 3.31. The molecule has 0 amide bonds. The molecule has 1 heterocycles. The monoisotopic (exact) mass is 199 g/mol. The van der Waals surface area contributed by atoms with Crippen LogP contribution in [-0.2, 0) is 6.42 Å². The number of pyridine rings is 1. The first-order valence-corrected chi connectivity index (χ1v) is 5.41. The fourth-order valence-electron chi connectivity index (χ4n) is 2.29. The second-order valence-corrected chi connectivity index (χ2v) is 4.13. The molecule has 1 atom stereocenters. The van der Waals surface area contributed by atoms with E-state index in [1.165, 1.54) is 10.9 Å². The van der Waals surface area contributed by atoms with Crippen molar-refractivity contribution in [1.29, 1.82) is 0 Å². The van der Waals surface area contributed by atoms with Crippen molar-refractivity contribution in [3.63, 3.8) is 0 Å². The first-order valence-electron chi connectivity index (χ1n) is 5.41. The Bertz CT molecular complexity index is 507. The highest BCUT2D eigenvalue weighted by molar-refractivity contribution is 5.79. The van der Waals surface area contributed by atoms with Crippen LogP contribution in [0.4, 0.5) is 0 Å². The lowest BCUT2D eigenvalue weighted by atomic mass is 9.92. The van der Waals surface area contributed by atoms with E-state index in [0.717, 1.165) is 30.5 Å². The van der Waals surface area contributed by atoms with Gasteiger partial charge in [0.2, 0.25) is 0 Å². The van der Waals surface area contributed by atoms with Crippen molar-refractivity contribution < 1.29 is 5.11 Å². The van der Waals surface area contributed by atoms with E-state index in [0.29, 0.717) is 0 Å². The maximum atomic E-state index is 9.86. The van der Waals surface area contributed by atoms with E-state index in [2.05, 4.69) is 17.1 Å². The highest BCUT2D eigenvalue weighted by atomic mass is 16.3. The largest absolute Gasteiger partial charge is 0.387 e. The molecule has 0 fully saturated rings. The Morgan fingerprint density at radius 3 is 3.07 bits per heavy atom. The number of aliphatic hydroxyl groups excluding tert-OH is 1. The molecular formula is C13H13NO. The molecule has 1 aromatic heterocycles. The summed E-state index contributed by atoms with van der Waals surface area (Å²) in [6, 6.07) is 10.2. The number of hydrogen-bond donors (Lipinski definition) is 1. The first-order chi connectivity index (χ1) is 7.34. The van der Waals surface area contributed by atoms with Gasteiger partial charge in [-0.25, -0.2) is 4.98 Å². The average Bonchev–Trinajstić information content (AvgIpc) is 2.27. The summed E-state index contributed by atoms with van der Waals surface area (Å²) in [5.74, 6) is 0. The summed E-state index contributed by atoms with van der Waals surface area (Å²) >= 11 is 0. The van der Waals surface area contributed by atoms with Gasteiger partial charge >= 0.3 is 0 Å².